The normalized spacial score (nSPS) is 13.3. The van der Waals surface area contributed by atoms with Gasteiger partial charge in [-0.25, -0.2) is 9.97 Å². The standard InChI is InChI=1S/C92H70N4O2/c1-54-47-73(63-32-21-31-62-61-24-10-9-23-56(61)49-72(62)63)88(93-52-54)95(59-43-39-57(40-44-59)90(3,4)5)79-50-77-83(68-29-12-11-27-66(68)79)85-78(92(77)75-35-17-13-25-64(75)65-26-14-18-36-76(65)92)51-80(84-71-30-16-20-38-82(71)98-87(84)85)96(60-45-41-58(42-46-60)91(6,7)8)89-74(48-55(2)53-94-89)70-34-22-33-69-67-28-15-19-37-81(67)97-86(69)70/h9-48,50-53H,49H2,1-8H3. The molecule has 3 aliphatic carbocycles. The van der Waals surface area contributed by atoms with Crippen molar-refractivity contribution in [1.29, 1.82) is 0 Å². The Kier molecular flexibility index (Phi) is 12.5. The molecular weight excluding hydrogens is 1190 g/mol. The predicted octanol–water partition coefficient (Wildman–Crippen LogP) is 24.8. The Balaban J connectivity index is 0.946. The van der Waals surface area contributed by atoms with Crippen LogP contribution >= 0.6 is 0 Å². The molecule has 4 aromatic heterocycles. The molecule has 0 N–H and O–H groups in total. The predicted molar refractivity (Wildman–Crippen MR) is 406 cm³/mol. The van der Waals surface area contributed by atoms with Crippen LogP contribution in [0.3, 0.4) is 0 Å². The molecule has 0 saturated heterocycles. The van der Waals surface area contributed by atoms with Crippen molar-refractivity contribution in [2.45, 2.75) is 78.1 Å². The summed E-state index contributed by atoms with van der Waals surface area (Å²) in [7, 11) is 0. The summed E-state index contributed by atoms with van der Waals surface area (Å²) < 4.78 is 14.7. The number of rotatable bonds is 8. The minimum absolute atomic E-state index is 0.0795. The summed E-state index contributed by atoms with van der Waals surface area (Å²) in [5.41, 5.74) is 29.6. The lowest BCUT2D eigenvalue weighted by Gasteiger charge is -2.34. The van der Waals surface area contributed by atoms with E-state index in [0.717, 1.165) is 140 Å². The van der Waals surface area contributed by atoms with Gasteiger partial charge in [-0.05, 0) is 186 Å². The van der Waals surface area contributed by atoms with Gasteiger partial charge in [-0.2, -0.15) is 0 Å². The van der Waals surface area contributed by atoms with Gasteiger partial charge in [-0.3, -0.25) is 9.80 Å². The van der Waals surface area contributed by atoms with Crippen LogP contribution in [0.2, 0.25) is 0 Å². The minimum atomic E-state index is -0.902. The Morgan fingerprint density at radius 2 is 0.806 bits per heavy atom. The Morgan fingerprint density at radius 3 is 1.44 bits per heavy atom. The van der Waals surface area contributed by atoms with E-state index in [2.05, 4.69) is 320 Å². The molecule has 0 amide bonds. The second kappa shape index (κ2) is 21.2. The number of hydrogen-bond donors (Lipinski definition) is 0. The fraction of sp³-hybridized carbons (Fsp3) is 0.130. The second-order valence-electron chi connectivity index (χ2n) is 29.3. The molecule has 0 atom stereocenters. The Bertz CT molecular complexity index is 5990. The van der Waals surface area contributed by atoms with E-state index in [9.17, 15) is 0 Å². The average molecular weight is 1260 g/mol. The van der Waals surface area contributed by atoms with Crippen molar-refractivity contribution < 1.29 is 8.83 Å². The minimum Gasteiger partial charge on any atom is -0.455 e. The first-order valence-corrected chi connectivity index (χ1v) is 34.3. The molecule has 6 nitrogen and oxygen atoms in total. The van der Waals surface area contributed by atoms with Crippen LogP contribution in [0.4, 0.5) is 34.4 Å². The highest BCUT2D eigenvalue weighted by atomic mass is 16.3. The number of aryl methyl sites for hydroxylation is 2. The summed E-state index contributed by atoms with van der Waals surface area (Å²) in [4.78, 5) is 16.2. The quantitative estimate of drug-likeness (QED) is 0.151. The molecule has 0 aliphatic heterocycles. The molecule has 1 spiro atoms. The van der Waals surface area contributed by atoms with Crippen LogP contribution in [0.5, 0.6) is 0 Å². The molecule has 4 heterocycles. The Labute approximate surface area is 570 Å². The molecule has 0 unspecified atom stereocenters. The van der Waals surface area contributed by atoms with Crippen molar-refractivity contribution in [3.63, 3.8) is 0 Å². The summed E-state index contributed by atoms with van der Waals surface area (Å²) in [5, 5.41) is 6.35. The van der Waals surface area contributed by atoms with Crippen molar-refractivity contribution in [3.05, 3.63) is 323 Å². The van der Waals surface area contributed by atoms with E-state index in [1.807, 2.05) is 12.3 Å². The van der Waals surface area contributed by atoms with E-state index in [0.29, 0.717) is 0 Å². The maximum Gasteiger partial charge on any atom is 0.145 e. The number of benzene rings is 12. The molecule has 16 aromatic rings. The van der Waals surface area contributed by atoms with Gasteiger partial charge < -0.3 is 8.83 Å². The van der Waals surface area contributed by atoms with E-state index >= 15 is 0 Å². The van der Waals surface area contributed by atoms with E-state index in [1.165, 1.54) is 66.8 Å². The van der Waals surface area contributed by atoms with Gasteiger partial charge in [0.1, 0.15) is 34.0 Å². The van der Waals surface area contributed by atoms with Gasteiger partial charge in [0.05, 0.1) is 22.2 Å². The third-order valence-electron chi connectivity index (χ3n) is 21.4. The van der Waals surface area contributed by atoms with Crippen LogP contribution in [0.15, 0.2) is 276 Å². The lowest BCUT2D eigenvalue weighted by Crippen LogP contribution is -2.27. The van der Waals surface area contributed by atoms with Crippen molar-refractivity contribution in [2.24, 2.45) is 0 Å². The van der Waals surface area contributed by atoms with Gasteiger partial charge >= 0.3 is 0 Å². The molecule has 0 radical (unpaired) electrons. The average Bonchev–Trinajstić information content (AvgIpc) is 1.49. The maximum absolute atomic E-state index is 7.74. The number of aromatic nitrogens is 2. The second-order valence-corrected chi connectivity index (χ2v) is 29.3. The van der Waals surface area contributed by atoms with Crippen molar-refractivity contribution >= 4 is 89.0 Å². The molecule has 0 fully saturated rings. The Morgan fingerprint density at radius 1 is 0.357 bits per heavy atom. The highest BCUT2D eigenvalue weighted by Crippen LogP contribution is 2.68. The highest BCUT2D eigenvalue weighted by molar-refractivity contribution is 6.24. The zero-order valence-electron chi connectivity index (χ0n) is 56.2. The molecule has 0 bridgehead atoms. The summed E-state index contributed by atoms with van der Waals surface area (Å²) in [6.07, 6.45) is 4.91. The van der Waals surface area contributed by atoms with Gasteiger partial charge in [-0.1, -0.05) is 236 Å². The number of fused-ring (bicyclic) bond motifs is 22. The van der Waals surface area contributed by atoms with E-state index < -0.39 is 5.41 Å². The molecule has 3 aliphatic rings. The first-order chi connectivity index (χ1) is 47.7. The monoisotopic (exact) mass is 1260 g/mol. The lowest BCUT2D eigenvalue weighted by atomic mass is 9.70. The van der Waals surface area contributed by atoms with Crippen LogP contribution in [-0.4, -0.2) is 9.97 Å². The van der Waals surface area contributed by atoms with Crippen LogP contribution < -0.4 is 9.80 Å². The lowest BCUT2D eigenvalue weighted by molar-refractivity contribution is 0.590. The first-order valence-electron chi connectivity index (χ1n) is 34.3. The molecular formula is C92H70N4O2. The third kappa shape index (κ3) is 8.40. The zero-order valence-corrected chi connectivity index (χ0v) is 56.2. The molecule has 98 heavy (non-hydrogen) atoms. The maximum atomic E-state index is 7.74. The number of para-hydroxylation sites is 3. The number of anilines is 6. The van der Waals surface area contributed by atoms with Gasteiger partial charge in [0, 0.05) is 67.6 Å². The summed E-state index contributed by atoms with van der Waals surface area (Å²) in [6.45, 7) is 18.0. The molecule has 19 rings (SSSR count). The van der Waals surface area contributed by atoms with Crippen LogP contribution in [-0.2, 0) is 22.7 Å². The summed E-state index contributed by atoms with van der Waals surface area (Å²) >= 11 is 0. The SMILES string of the molecule is Cc1cnc(N(c2ccc(C(C)(C)C)cc2)c2cc3c(c4ccccc24)-c2c(cc(N(c4ccc(C(C)(C)C)cc4)c4ncc(C)cc4-c4cccc5c4oc4ccccc45)c4c2oc2ccccc24)C32c3ccccc3-c3ccccc32)c(-c2cccc3c2Cc2ccccc2-3)c1. The number of furan rings is 2. The topological polar surface area (TPSA) is 58.5 Å². The van der Waals surface area contributed by atoms with Gasteiger partial charge in [0.25, 0.3) is 0 Å². The van der Waals surface area contributed by atoms with E-state index in [4.69, 9.17) is 18.8 Å². The molecule has 0 saturated carbocycles. The van der Waals surface area contributed by atoms with E-state index in [-0.39, 0.29) is 10.8 Å². The smallest absolute Gasteiger partial charge is 0.145 e. The molecule has 6 heteroatoms. The number of hydrogen-bond acceptors (Lipinski definition) is 6. The number of nitrogens with zero attached hydrogens (tertiary/aromatic N) is 4. The third-order valence-corrected chi connectivity index (χ3v) is 21.4. The molecule has 470 valence electrons. The first kappa shape index (κ1) is 57.8. The fourth-order valence-corrected chi connectivity index (χ4v) is 16.9. The van der Waals surface area contributed by atoms with E-state index in [1.54, 1.807) is 0 Å². The summed E-state index contributed by atoms with van der Waals surface area (Å²) in [6, 6.07) is 94.8. The van der Waals surface area contributed by atoms with Crippen molar-refractivity contribution in [3.8, 4) is 55.6 Å². The highest BCUT2D eigenvalue weighted by Gasteiger charge is 2.54. The van der Waals surface area contributed by atoms with Crippen molar-refractivity contribution in [2.75, 3.05) is 9.80 Å². The van der Waals surface area contributed by atoms with Crippen LogP contribution in [0, 0.1) is 13.8 Å². The zero-order chi connectivity index (χ0) is 66.1. The van der Waals surface area contributed by atoms with Gasteiger partial charge in [0.2, 0.25) is 0 Å². The van der Waals surface area contributed by atoms with Gasteiger partial charge in [0.15, 0.2) is 0 Å². The van der Waals surface area contributed by atoms with Crippen LogP contribution in [0.1, 0.15) is 97.2 Å². The van der Waals surface area contributed by atoms with Gasteiger partial charge in [-0.15, -0.1) is 0 Å². The largest absolute Gasteiger partial charge is 0.455 e. The summed E-state index contributed by atoms with van der Waals surface area (Å²) in [5.74, 6) is 1.63. The van der Waals surface area contributed by atoms with Crippen LogP contribution in [0.25, 0.3) is 110 Å². The number of pyridine rings is 2. The molecule has 12 aromatic carbocycles. The Hall–Kier alpha value is -11.6. The fourth-order valence-electron chi connectivity index (χ4n) is 16.9. The van der Waals surface area contributed by atoms with Crippen molar-refractivity contribution in [1.82, 2.24) is 9.97 Å².